The zero-order chi connectivity index (χ0) is 12.3. The van der Waals surface area contributed by atoms with Crippen molar-refractivity contribution >= 4 is 35.1 Å². The molecule has 0 aliphatic rings. The van der Waals surface area contributed by atoms with Gasteiger partial charge < -0.3 is 25.2 Å². The molecule has 0 aromatic carbocycles. The van der Waals surface area contributed by atoms with Crippen LogP contribution in [-0.2, 0) is 14.3 Å². The first kappa shape index (κ1) is 14.6. The maximum absolute atomic E-state index is 10.8. The van der Waals surface area contributed by atoms with Crippen molar-refractivity contribution in [1.29, 1.82) is 0 Å². The second-order valence-corrected chi connectivity index (χ2v) is 3.76. The maximum atomic E-state index is 10.8. The van der Waals surface area contributed by atoms with E-state index in [-0.39, 0.29) is 0 Å². The minimum absolute atomic E-state index is 1.21. The van der Waals surface area contributed by atoms with Gasteiger partial charge in [0, 0.05) is 0 Å². The van der Waals surface area contributed by atoms with Crippen LogP contribution in [-0.4, -0.2) is 55.7 Å². The van der Waals surface area contributed by atoms with Gasteiger partial charge >= 0.3 is 11.9 Å². The summed E-state index contributed by atoms with van der Waals surface area (Å²) in [6, 6.07) is 0. The number of carbonyl (C=O) groups excluding carboxylic acids is 2. The number of hydrogen-bond donors (Lipinski definition) is 4. The summed E-state index contributed by atoms with van der Waals surface area (Å²) in [5.74, 6) is -3.44. The van der Waals surface area contributed by atoms with E-state index < -0.39 is 35.3 Å². The van der Waals surface area contributed by atoms with E-state index in [1.807, 2.05) is 0 Å². The van der Waals surface area contributed by atoms with Crippen LogP contribution in [0.3, 0.4) is 0 Å². The molecule has 2 atom stereocenters. The van der Waals surface area contributed by atoms with Gasteiger partial charge in [0.05, 0.1) is 13.2 Å². The number of esters is 2. The molecule has 7 nitrogen and oxygen atoms in total. The number of aliphatic hydroxyl groups excluding tert-OH is 2. The fourth-order valence-corrected chi connectivity index (χ4v) is 0.447. The Morgan fingerprint density at radius 3 is 1.47 bits per heavy atom. The van der Waals surface area contributed by atoms with Gasteiger partial charge in [-0.25, -0.2) is 9.59 Å². The summed E-state index contributed by atoms with van der Waals surface area (Å²) in [5, 5.41) is 28.9. The zero-order valence-electron chi connectivity index (χ0n) is 7.18. The van der Waals surface area contributed by atoms with Gasteiger partial charge in [0.15, 0.2) is 0 Å². The van der Waals surface area contributed by atoms with Crippen LogP contribution in [0.2, 0.25) is 0 Å². The average molecular weight is 263 g/mol. The molecule has 0 rings (SSSR count). The Labute approximate surface area is 93.8 Å². The molecule has 9 heteroatoms. The normalized spacial score (nSPS) is 18.8. The van der Waals surface area contributed by atoms with Crippen LogP contribution in [0.25, 0.3) is 0 Å². The fourth-order valence-electron chi connectivity index (χ4n) is 0.370. The standard InChI is InChI=1S/C6H8Cl2O7/c7-5(13,1-9)3(11)15-4(12)6(8,14)2-10/h9-10,13-14H,1-2H2. The largest absolute Gasteiger partial charge is 0.391 e. The molecule has 0 fully saturated rings. The smallest absolute Gasteiger partial charge is 0.364 e. The molecular formula is C6H8Cl2O7. The van der Waals surface area contributed by atoms with E-state index in [0.29, 0.717) is 0 Å². The predicted octanol–water partition coefficient (Wildman–Crippen LogP) is -2.10. The van der Waals surface area contributed by atoms with E-state index in [4.69, 9.17) is 43.6 Å². The first-order chi connectivity index (χ1) is 6.67. The highest BCUT2D eigenvalue weighted by Crippen LogP contribution is 2.17. The van der Waals surface area contributed by atoms with Crippen molar-refractivity contribution in [3.8, 4) is 0 Å². The van der Waals surface area contributed by atoms with Crippen LogP contribution in [0.4, 0.5) is 0 Å². The summed E-state index contributed by atoms with van der Waals surface area (Å²) >= 11 is 10.0. The lowest BCUT2D eigenvalue weighted by Gasteiger charge is -2.19. The topological polar surface area (TPSA) is 124 Å². The Bertz CT molecular complexity index is 236. The van der Waals surface area contributed by atoms with Gasteiger partial charge in [-0.05, 0) is 0 Å². The molecule has 0 amide bonds. The van der Waals surface area contributed by atoms with Gasteiger partial charge in [-0.1, -0.05) is 23.2 Å². The molecule has 4 N–H and O–H groups in total. The van der Waals surface area contributed by atoms with Crippen molar-refractivity contribution < 1.29 is 34.8 Å². The number of halogens is 2. The summed E-state index contributed by atoms with van der Waals surface area (Å²) in [6.45, 7) is -2.42. The third kappa shape index (κ3) is 3.90. The number of rotatable bonds is 4. The zero-order valence-corrected chi connectivity index (χ0v) is 8.70. The monoisotopic (exact) mass is 262 g/mol. The van der Waals surface area contributed by atoms with Crippen molar-refractivity contribution in [3.63, 3.8) is 0 Å². The van der Waals surface area contributed by atoms with Crippen LogP contribution >= 0.6 is 23.2 Å². The van der Waals surface area contributed by atoms with Crippen LogP contribution in [0, 0.1) is 0 Å². The van der Waals surface area contributed by atoms with E-state index in [0.717, 1.165) is 0 Å². The Kier molecular flexibility index (Phi) is 4.91. The Morgan fingerprint density at radius 1 is 1.00 bits per heavy atom. The van der Waals surface area contributed by atoms with Crippen molar-refractivity contribution in [3.05, 3.63) is 0 Å². The maximum Gasteiger partial charge on any atom is 0.364 e. The fraction of sp³-hybridized carbons (Fsp3) is 0.667. The molecule has 2 unspecified atom stereocenters. The summed E-state index contributed by atoms with van der Waals surface area (Å²) < 4.78 is 3.80. The third-order valence-corrected chi connectivity index (χ3v) is 1.78. The Morgan fingerprint density at radius 2 is 1.27 bits per heavy atom. The predicted molar refractivity (Wildman–Crippen MR) is 46.9 cm³/mol. The molecule has 0 saturated carbocycles. The van der Waals surface area contributed by atoms with E-state index in [9.17, 15) is 9.59 Å². The van der Waals surface area contributed by atoms with Gasteiger partial charge in [0.2, 0.25) is 0 Å². The van der Waals surface area contributed by atoms with Gasteiger partial charge in [-0.2, -0.15) is 0 Å². The van der Waals surface area contributed by atoms with Crippen LogP contribution < -0.4 is 0 Å². The minimum Gasteiger partial charge on any atom is -0.391 e. The molecule has 0 aromatic rings. The van der Waals surface area contributed by atoms with E-state index >= 15 is 0 Å². The quantitative estimate of drug-likeness (QED) is 0.260. The van der Waals surface area contributed by atoms with Gasteiger partial charge in [-0.15, -0.1) is 0 Å². The number of carbonyl (C=O) groups is 2. The average Bonchev–Trinajstić information content (AvgIpc) is 2.17. The number of aliphatic hydroxyl groups is 4. The van der Waals surface area contributed by atoms with Crippen molar-refractivity contribution in [2.45, 2.75) is 10.1 Å². The second-order valence-electron chi connectivity index (χ2n) is 2.51. The molecule has 0 bridgehead atoms. The summed E-state index contributed by atoms with van der Waals surface area (Å²) in [5.41, 5.74) is 0. The number of ether oxygens (including phenoxy) is 1. The van der Waals surface area contributed by atoms with Crippen molar-refractivity contribution in [1.82, 2.24) is 0 Å². The molecule has 0 spiro atoms. The molecule has 0 heterocycles. The summed E-state index contributed by atoms with van der Waals surface area (Å²) in [4.78, 5) is 21.7. The summed E-state index contributed by atoms with van der Waals surface area (Å²) in [7, 11) is 0. The highest BCUT2D eigenvalue weighted by molar-refractivity contribution is 6.35. The third-order valence-electron chi connectivity index (χ3n) is 1.23. The molecule has 0 radical (unpaired) electrons. The van der Waals surface area contributed by atoms with Gasteiger partial charge in [-0.3, -0.25) is 0 Å². The lowest BCUT2D eigenvalue weighted by molar-refractivity contribution is -0.178. The minimum atomic E-state index is -2.81. The molecular weight excluding hydrogens is 255 g/mol. The molecule has 0 aromatic heterocycles. The lowest BCUT2D eigenvalue weighted by atomic mass is 10.3. The highest BCUT2D eigenvalue weighted by atomic mass is 35.5. The lowest BCUT2D eigenvalue weighted by Crippen LogP contribution is -2.45. The van der Waals surface area contributed by atoms with Crippen LogP contribution in [0.15, 0.2) is 0 Å². The van der Waals surface area contributed by atoms with Crippen LogP contribution in [0.1, 0.15) is 0 Å². The van der Waals surface area contributed by atoms with E-state index in [2.05, 4.69) is 4.74 Å². The first-order valence-corrected chi connectivity index (χ1v) is 4.24. The summed E-state index contributed by atoms with van der Waals surface area (Å²) in [6.07, 6.45) is 0. The molecule has 0 saturated heterocycles. The number of hydrogen-bond acceptors (Lipinski definition) is 7. The molecule has 0 aliphatic carbocycles. The van der Waals surface area contributed by atoms with E-state index in [1.54, 1.807) is 0 Å². The SMILES string of the molecule is O=C(OC(=O)C(O)(Cl)CO)C(O)(Cl)CO. The van der Waals surface area contributed by atoms with Gasteiger partial charge in [0.25, 0.3) is 10.1 Å². The Hall–Kier alpha value is -0.440. The van der Waals surface area contributed by atoms with E-state index in [1.165, 1.54) is 0 Å². The Balaban J connectivity index is 4.51. The second kappa shape index (κ2) is 5.06. The van der Waals surface area contributed by atoms with Crippen molar-refractivity contribution in [2.75, 3.05) is 13.2 Å². The highest BCUT2D eigenvalue weighted by Gasteiger charge is 2.42. The molecule has 15 heavy (non-hydrogen) atoms. The van der Waals surface area contributed by atoms with Gasteiger partial charge in [0.1, 0.15) is 0 Å². The van der Waals surface area contributed by atoms with Crippen LogP contribution in [0.5, 0.6) is 0 Å². The number of alkyl halides is 2. The van der Waals surface area contributed by atoms with Crippen molar-refractivity contribution in [2.24, 2.45) is 0 Å². The molecule has 0 aliphatic heterocycles. The first-order valence-electron chi connectivity index (χ1n) is 3.48. The molecule has 88 valence electrons.